The minimum atomic E-state index is -0.106. The van der Waals surface area contributed by atoms with Gasteiger partial charge in [0.25, 0.3) is 0 Å². The van der Waals surface area contributed by atoms with Crippen molar-refractivity contribution >= 4 is 5.97 Å². The van der Waals surface area contributed by atoms with Gasteiger partial charge < -0.3 is 14.2 Å². The first-order valence-electron chi connectivity index (χ1n) is 8.07. The van der Waals surface area contributed by atoms with Crippen LogP contribution in [0.15, 0.2) is 0 Å². The number of fused-ring (bicyclic) bond motifs is 5. The second kappa shape index (κ2) is 5.64. The standard InChI is InChI=1S/C16H26O4/c1-4-10-14-12-8-9(6-7-13(17)18-3)16(20-12)15(14)11(5-2)19-10/h9-12,14-16H,4-8H2,1-3H3. The number of hydrogen-bond donors (Lipinski definition) is 0. The van der Waals surface area contributed by atoms with E-state index in [0.717, 1.165) is 25.7 Å². The molecule has 2 bridgehead atoms. The van der Waals surface area contributed by atoms with Gasteiger partial charge >= 0.3 is 5.97 Å². The van der Waals surface area contributed by atoms with Crippen LogP contribution in [-0.4, -0.2) is 37.5 Å². The van der Waals surface area contributed by atoms with E-state index in [-0.39, 0.29) is 5.97 Å². The van der Waals surface area contributed by atoms with Crippen LogP contribution in [0.3, 0.4) is 0 Å². The quantitative estimate of drug-likeness (QED) is 0.727. The van der Waals surface area contributed by atoms with E-state index < -0.39 is 0 Å². The van der Waals surface area contributed by atoms with Crippen molar-refractivity contribution in [2.45, 2.75) is 70.4 Å². The maximum atomic E-state index is 11.3. The highest BCUT2D eigenvalue weighted by Crippen LogP contribution is 2.56. The van der Waals surface area contributed by atoms with Crippen molar-refractivity contribution in [2.75, 3.05) is 7.11 Å². The van der Waals surface area contributed by atoms with E-state index in [2.05, 4.69) is 13.8 Å². The lowest BCUT2D eigenvalue weighted by Gasteiger charge is -2.30. The number of methoxy groups -OCH3 is 1. The number of ether oxygens (including phenoxy) is 3. The van der Waals surface area contributed by atoms with Crippen molar-refractivity contribution in [3.8, 4) is 0 Å². The van der Waals surface area contributed by atoms with Crippen molar-refractivity contribution < 1.29 is 19.0 Å². The molecule has 3 heterocycles. The Hall–Kier alpha value is -0.610. The predicted octanol–water partition coefficient (Wildman–Crippen LogP) is 2.55. The Labute approximate surface area is 121 Å². The molecule has 7 unspecified atom stereocenters. The van der Waals surface area contributed by atoms with E-state index in [1.54, 1.807) is 0 Å². The zero-order chi connectivity index (χ0) is 14.3. The van der Waals surface area contributed by atoms with E-state index in [0.29, 0.717) is 48.6 Å². The van der Waals surface area contributed by atoms with Crippen LogP contribution in [0.5, 0.6) is 0 Å². The van der Waals surface area contributed by atoms with Gasteiger partial charge in [-0.2, -0.15) is 0 Å². The number of hydrogen-bond acceptors (Lipinski definition) is 4. The molecule has 0 amide bonds. The molecule has 3 rings (SSSR count). The van der Waals surface area contributed by atoms with Gasteiger partial charge in [0.2, 0.25) is 0 Å². The van der Waals surface area contributed by atoms with E-state index in [4.69, 9.17) is 14.2 Å². The van der Waals surface area contributed by atoms with Gasteiger partial charge in [-0.25, -0.2) is 0 Å². The fourth-order valence-corrected chi connectivity index (χ4v) is 4.70. The Balaban J connectivity index is 1.67. The largest absolute Gasteiger partial charge is 0.469 e. The zero-order valence-corrected chi connectivity index (χ0v) is 12.7. The molecule has 0 N–H and O–H groups in total. The molecule has 4 heteroatoms. The van der Waals surface area contributed by atoms with Crippen LogP contribution in [0.25, 0.3) is 0 Å². The van der Waals surface area contributed by atoms with Crippen molar-refractivity contribution in [2.24, 2.45) is 17.8 Å². The minimum absolute atomic E-state index is 0.106. The van der Waals surface area contributed by atoms with Gasteiger partial charge in [0.05, 0.1) is 31.5 Å². The molecular formula is C16H26O4. The third kappa shape index (κ3) is 2.17. The van der Waals surface area contributed by atoms with E-state index in [1.165, 1.54) is 7.11 Å². The van der Waals surface area contributed by atoms with Gasteiger partial charge in [-0.15, -0.1) is 0 Å². The first-order chi connectivity index (χ1) is 9.69. The van der Waals surface area contributed by atoms with Gasteiger partial charge in [-0.3, -0.25) is 4.79 Å². The molecule has 0 radical (unpaired) electrons. The molecule has 0 aromatic heterocycles. The number of carbonyl (C=O) groups is 1. The van der Waals surface area contributed by atoms with Crippen molar-refractivity contribution in [1.82, 2.24) is 0 Å². The van der Waals surface area contributed by atoms with Crippen LogP contribution in [0.2, 0.25) is 0 Å². The highest BCUT2D eigenvalue weighted by Gasteiger charge is 2.61. The molecule has 0 aromatic carbocycles. The lowest BCUT2D eigenvalue weighted by molar-refractivity contribution is -0.141. The average molecular weight is 282 g/mol. The van der Waals surface area contributed by atoms with E-state index >= 15 is 0 Å². The highest BCUT2D eigenvalue weighted by molar-refractivity contribution is 5.69. The Morgan fingerprint density at radius 2 is 1.85 bits per heavy atom. The first kappa shape index (κ1) is 14.3. The SMILES string of the molecule is CCC1OC(CC)C2C3OC(CC3CCC(=O)OC)C12. The van der Waals surface area contributed by atoms with Crippen LogP contribution in [0.4, 0.5) is 0 Å². The second-order valence-corrected chi connectivity index (χ2v) is 6.43. The first-order valence-corrected chi connectivity index (χ1v) is 8.07. The van der Waals surface area contributed by atoms with Gasteiger partial charge in [0.15, 0.2) is 0 Å². The fourth-order valence-electron chi connectivity index (χ4n) is 4.70. The molecule has 3 aliphatic rings. The lowest BCUT2D eigenvalue weighted by atomic mass is 9.69. The average Bonchev–Trinajstić information content (AvgIpc) is 3.13. The molecule has 4 nitrogen and oxygen atoms in total. The number of rotatable bonds is 5. The highest BCUT2D eigenvalue weighted by atomic mass is 16.5. The molecule has 0 aliphatic carbocycles. The molecule has 0 spiro atoms. The monoisotopic (exact) mass is 282 g/mol. The van der Waals surface area contributed by atoms with Crippen molar-refractivity contribution in [3.05, 3.63) is 0 Å². The lowest BCUT2D eigenvalue weighted by Crippen LogP contribution is -2.37. The molecule has 3 aliphatic heterocycles. The summed E-state index contributed by atoms with van der Waals surface area (Å²) < 4.78 is 17.2. The summed E-state index contributed by atoms with van der Waals surface area (Å²) in [5.41, 5.74) is 0. The normalized spacial score (nSPS) is 45.6. The Morgan fingerprint density at radius 3 is 2.50 bits per heavy atom. The second-order valence-electron chi connectivity index (χ2n) is 6.43. The third-order valence-corrected chi connectivity index (χ3v) is 5.54. The van der Waals surface area contributed by atoms with E-state index in [1.807, 2.05) is 0 Å². The fraction of sp³-hybridized carbons (Fsp3) is 0.938. The smallest absolute Gasteiger partial charge is 0.305 e. The molecular weight excluding hydrogens is 256 g/mol. The maximum Gasteiger partial charge on any atom is 0.305 e. The Kier molecular flexibility index (Phi) is 4.04. The van der Waals surface area contributed by atoms with Gasteiger partial charge in [0, 0.05) is 18.3 Å². The molecule has 0 aromatic rings. The molecule has 7 atom stereocenters. The third-order valence-electron chi connectivity index (χ3n) is 5.54. The van der Waals surface area contributed by atoms with Crippen molar-refractivity contribution in [3.63, 3.8) is 0 Å². The molecule has 0 saturated carbocycles. The van der Waals surface area contributed by atoms with Gasteiger partial charge in [0.1, 0.15) is 0 Å². The number of esters is 1. The van der Waals surface area contributed by atoms with Crippen LogP contribution in [-0.2, 0) is 19.0 Å². The van der Waals surface area contributed by atoms with Crippen LogP contribution < -0.4 is 0 Å². The van der Waals surface area contributed by atoms with E-state index in [9.17, 15) is 4.79 Å². The summed E-state index contributed by atoms with van der Waals surface area (Å²) in [5, 5.41) is 0. The summed E-state index contributed by atoms with van der Waals surface area (Å²) >= 11 is 0. The van der Waals surface area contributed by atoms with Crippen LogP contribution in [0, 0.1) is 17.8 Å². The zero-order valence-electron chi connectivity index (χ0n) is 12.7. The topological polar surface area (TPSA) is 44.8 Å². The summed E-state index contributed by atoms with van der Waals surface area (Å²) in [5.74, 6) is 1.54. The summed E-state index contributed by atoms with van der Waals surface area (Å²) in [4.78, 5) is 11.3. The summed E-state index contributed by atoms with van der Waals surface area (Å²) in [6.07, 6.45) is 6.03. The van der Waals surface area contributed by atoms with Gasteiger partial charge in [-0.05, 0) is 31.6 Å². The number of carbonyl (C=O) groups excluding carboxylic acids is 1. The van der Waals surface area contributed by atoms with Crippen molar-refractivity contribution in [1.29, 1.82) is 0 Å². The summed E-state index contributed by atoms with van der Waals surface area (Å²) in [6, 6.07) is 0. The Bertz CT molecular complexity index is 369. The molecule has 20 heavy (non-hydrogen) atoms. The maximum absolute atomic E-state index is 11.3. The summed E-state index contributed by atoms with van der Waals surface area (Å²) in [7, 11) is 1.46. The predicted molar refractivity (Wildman–Crippen MR) is 74.2 cm³/mol. The molecule has 3 saturated heterocycles. The molecule has 114 valence electrons. The Morgan fingerprint density at radius 1 is 1.15 bits per heavy atom. The summed E-state index contributed by atoms with van der Waals surface area (Å²) in [6.45, 7) is 4.41. The van der Waals surface area contributed by atoms with Crippen LogP contribution in [0.1, 0.15) is 46.0 Å². The van der Waals surface area contributed by atoms with Crippen LogP contribution >= 0.6 is 0 Å². The molecule has 3 fully saturated rings. The van der Waals surface area contributed by atoms with Gasteiger partial charge in [-0.1, -0.05) is 13.8 Å². The minimum Gasteiger partial charge on any atom is -0.469 e.